The standard InChI is InChI=1S/C14H30N2O2/c1-12(2,17)9-16(7)8-10-11(15)14(5,6)18-13(10,3)4/h10-11,17H,8-9,15H2,1-7H3. The molecule has 2 atom stereocenters. The van der Waals surface area contributed by atoms with Gasteiger partial charge in [0.25, 0.3) is 0 Å². The van der Waals surface area contributed by atoms with Gasteiger partial charge in [0.2, 0.25) is 0 Å². The number of aliphatic hydroxyl groups is 1. The van der Waals surface area contributed by atoms with Crippen LogP contribution in [0, 0.1) is 5.92 Å². The second-order valence-corrected chi connectivity index (χ2v) is 7.45. The van der Waals surface area contributed by atoms with Crippen LogP contribution >= 0.6 is 0 Å². The van der Waals surface area contributed by atoms with Crippen molar-refractivity contribution in [3.63, 3.8) is 0 Å². The summed E-state index contributed by atoms with van der Waals surface area (Å²) in [7, 11) is 2.02. The molecule has 1 rings (SSSR count). The molecule has 0 aliphatic carbocycles. The Kier molecular flexibility index (Phi) is 4.19. The minimum Gasteiger partial charge on any atom is -0.389 e. The quantitative estimate of drug-likeness (QED) is 0.796. The zero-order chi connectivity index (χ0) is 14.4. The summed E-state index contributed by atoms with van der Waals surface area (Å²) in [6.07, 6.45) is 0. The number of hydrogen-bond donors (Lipinski definition) is 2. The smallest absolute Gasteiger partial charge is 0.0788 e. The Balaban J connectivity index is 2.72. The third-order valence-corrected chi connectivity index (χ3v) is 3.82. The summed E-state index contributed by atoms with van der Waals surface area (Å²) in [6.45, 7) is 13.4. The number of nitrogens with two attached hydrogens (primary N) is 1. The van der Waals surface area contributed by atoms with Crippen LogP contribution in [0.3, 0.4) is 0 Å². The highest BCUT2D eigenvalue weighted by molar-refractivity contribution is 5.04. The van der Waals surface area contributed by atoms with Crippen molar-refractivity contribution >= 4 is 0 Å². The van der Waals surface area contributed by atoms with Gasteiger partial charge < -0.3 is 20.5 Å². The normalized spacial score (nSPS) is 31.0. The number of hydrogen-bond acceptors (Lipinski definition) is 4. The molecule has 0 radical (unpaired) electrons. The first kappa shape index (κ1) is 15.9. The topological polar surface area (TPSA) is 58.7 Å². The summed E-state index contributed by atoms with van der Waals surface area (Å²) >= 11 is 0. The van der Waals surface area contributed by atoms with Gasteiger partial charge in [0.1, 0.15) is 0 Å². The van der Waals surface area contributed by atoms with Crippen molar-refractivity contribution in [3.8, 4) is 0 Å². The van der Waals surface area contributed by atoms with Crippen LogP contribution in [0.25, 0.3) is 0 Å². The number of likely N-dealkylation sites (N-methyl/N-ethyl adjacent to an activating group) is 1. The highest BCUT2D eigenvalue weighted by Crippen LogP contribution is 2.41. The Hall–Kier alpha value is -0.160. The minimum absolute atomic E-state index is 0.0109. The second-order valence-electron chi connectivity index (χ2n) is 7.45. The lowest BCUT2D eigenvalue weighted by atomic mass is 9.82. The molecule has 2 unspecified atom stereocenters. The van der Waals surface area contributed by atoms with Gasteiger partial charge in [-0.1, -0.05) is 0 Å². The molecule has 0 saturated carbocycles. The molecule has 4 heteroatoms. The van der Waals surface area contributed by atoms with Crippen molar-refractivity contribution in [2.75, 3.05) is 20.1 Å². The fraction of sp³-hybridized carbons (Fsp3) is 1.00. The predicted octanol–water partition coefficient (Wildman–Crippen LogP) is 1.22. The van der Waals surface area contributed by atoms with Gasteiger partial charge in [-0.25, -0.2) is 0 Å². The van der Waals surface area contributed by atoms with E-state index < -0.39 is 5.60 Å². The van der Waals surface area contributed by atoms with E-state index in [1.54, 1.807) is 0 Å². The molecule has 1 heterocycles. The molecule has 1 aliphatic rings. The molecule has 1 fully saturated rings. The first-order valence-corrected chi connectivity index (χ1v) is 6.72. The van der Waals surface area contributed by atoms with E-state index in [2.05, 4.69) is 32.6 Å². The van der Waals surface area contributed by atoms with Crippen molar-refractivity contribution in [2.45, 2.75) is 64.4 Å². The molecule has 0 aromatic heterocycles. The van der Waals surface area contributed by atoms with Crippen LogP contribution in [0.15, 0.2) is 0 Å². The lowest BCUT2D eigenvalue weighted by molar-refractivity contribution is -0.0792. The van der Waals surface area contributed by atoms with Crippen molar-refractivity contribution < 1.29 is 9.84 Å². The minimum atomic E-state index is -0.683. The summed E-state index contributed by atoms with van der Waals surface area (Å²) < 4.78 is 6.08. The zero-order valence-electron chi connectivity index (χ0n) is 12.9. The first-order chi connectivity index (χ1) is 7.85. The van der Waals surface area contributed by atoms with Gasteiger partial charge in [0, 0.05) is 25.0 Å². The van der Waals surface area contributed by atoms with Gasteiger partial charge in [0.05, 0.1) is 16.8 Å². The van der Waals surface area contributed by atoms with Crippen molar-refractivity contribution in [1.29, 1.82) is 0 Å². The summed E-state index contributed by atoms with van der Waals surface area (Å²) in [4.78, 5) is 2.14. The van der Waals surface area contributed by atoms with E-state index in [0.29, 0.717) is 6.54 Å². The van der Waals surface area contributed by atoms with Crippen molar-refractivity contribution in [2.24, 2.45) is 11.7 Å². The van der Waals surface area contributed by atoms with Gasteiger partial charge in [0.15, 0.2) is 0 Å². The van der Waals surface area contributed by atoms with Crippen LogP contribution in [0.4, 0.5) is 0 Å². The summed E-state index contributed by atoms with van der Waals surface area (Å²) in [5.74, 6) is 0.264. The maximum atomic E-state index is 9.86. The third-order valence-electron chi connectivity index (χ3n) is 3.82. The fourth-order valence-corrected chi connectivity index (χ4v) is 3.13. The van der Waals surface area contributed by atoms with Gasteiger partial charge in [-0.15, -0.1) is 0 Å². The number of rotatable bonds is 4. The van der Waals surface area contributed by atoms with Gasteiger partial charge in [-0.3, -0.25) is 0 Å². The SMILES string of the molecule is CN(CC1C(N)C(C)(C)OC1(C)C)CC(C)(C)O. The Bertz CT molecular complexity index is 295. The molecule has 1 saturated heterocycles. The number of nitrogens with zero attached hydrogens (tertiary/aromatic N) is 1. The van der Waals surface area contributed by atoms with E-state index in [0.717, 1.165) is 6.54 Å². The molecule has 3 N–H and O–H groups in total. The largest absolute Gasteiger partial charge is 0.389 e. The van der Waals surface area contributed by atoms with Crippen LogP contribution in [0.2, 0.25) is 0 Å². The van der Waals surface area contributed by atoms with Gasteiger partial charge in [-0.05, 0) is 48.6 Å². The average Bonchev–Trinajstić information content (AvgIpc) is 2.20. The molecule has 108 valence electrons. The zero-order valence-corrected chi connectivity index (χ0v) is 12.9. The third kappa shape index (κ3) is 3.67. The Morgan fingerprint density at radius 2 is 1.72 bits per heavy atom. The Labute approximate surface area is 111 Å². The number of ether oxygens (including phenoxy) is 1. The summed E-state index contributed by atoms with van der Waals surface area (Å²) in [6, 6.07) is 0.0109. The maximum Gasteiger partial charge on any atom is 0.0788 e. The molecule has 0 amide bonds. The van der Waals surface area contributed by atoms with Gasteiger partial charge in [-0.2, -0.15) is 0 Å². The van der Waals surface area contributed by atoms with Crippen LogP contribution in [-0.2, 0) is 4.74 Å². The first-order valence-electron chi connectivity index (χ1n) is 6.72. The molecule has 0 aromatic rings. The molecular weight excluding hydrogens is 228 g/mol. The summed E-state index contributed by atoms with van der Waals surface area (Å²) in [5.41, 5.74) is 5.13. The highest BCUT2D eigenvalue weighted by Gasteiger charge is 2.52. The lowest BCUT2D eigenvalue weighted by Gasteiger charge is -2.33. The van der Waals surface area contributed by atoms with Crippen molar-refractivity contribution in [1.82, 2.24) is 4.90 Å². The van der Waals surface area contributed by atoms with E-state index in [9.17, 15) is 5.11 Å². The molecule has 1 aliphatic heterocycles. The monoisotopic (exact) mass is 258 g/mol. The van der Waals surface area contributed by atoms with Crippen LogP contribution in [-0.4, -0.2) is 53.0 Å². The van der Waals surface area contributed by atoms with Crippen LogP contribution in [0.1, 0.15) is 41.5 Å². The summed E-state index contributed by atoms with van der Waals surface area (Å²) in [5, 5.41) is 9.86. The van der Waals surface area contributed by atoms with E-state index >= 15 is 0 Å². The molecular formula is C14H30N2O2. The van der Waals surface area contributed by atoms with E-state index in [1.807, 2.05) is 20.9 Å². The average molecular weight is 258 g/mol. The van der Waals surface area contributed by atoms with Crippen molar-refractivity contribution in [3.05, 3.63) is 0 Å². The van der Waals surface area contributed by atoms with Crippen LogP contribution in [0.5, 0.6) is 0 Å². The molecule has 0 bridgehead atoms. The molecule has 4 nitrogen and oxygen atoms in total. The second kappa shape index (κ2) is 4.75. The molecule has 0 aromatic carbocycles. The van der Waals surface area contributed by atoms with Crippen LogP contribution < -0.4 is 5.73 Å². The fourth-order valence-electron chi connectivity index (χ4n) is 3.13. The van der Waals surface area contributed by atoms with E-state index in [1.165, 1.54) is 0 Å². The lowest BCUT2D eigenvalue weighted by Crippen LogP contribution is -2.49. The van der Waals surface area contributed by atoms with E-state index in [-0.39, 0.29) is 23.2 Å². The van der Waals surface area contributed by atoms with E-state index in [4.69, 9.17) is 10.5 Å². The molecule has 0 spiro atoms. The molecule has 18 heavy (non-hydrogen) atoms. The maximum absolute atomic E-state index is 9.86. The Morgan fingerprint density at radius 1 is 1.22 bits per heavy atom. The Morgan fingerprint density at radius 3 is 2.06 bits per heavy atom. The highest BCUT2D eigenvalue weighted by atomic mass is 16.5. The predicted molar refractivity (Wildman–Crippen MR) is 74.5 cm³/mol. The van der Waals surface area contributed by atoms with Gasteiger partial charge >= 0.3 is 0 Å².